The summed E-state index contributed by atoms with van der Waals surface area (Å²) in [6.45, 7) is 2.32. The van der Waals surface area contributed by atoms with Crippen molar-refractivity contribution in [3.8, 4) is 0 Å². The van der Waals surface area contributed by atoms with Gasteiger partial charge in [0.15, 0.2) is 0 Å². The second-order valence-electron chi connectivity index (χ2n) is 5.07. The van der Waals surface area contributed by atoms with Gasteiger partial charge in [-0.25, -0.2) is 0 Å². The molecule has 0 heterocycles. The van der Waals surface area contributed by atoms with E-state index < -0.39 is 0 Å². The topological polar surface area (TPSA) is 55.1 Å². The number of carbonyl (C=O) groups excluding carboxylic acids is 1. The Balaban J connectivity index is 1.92. The third-order valence-electron chi connectivity index (χ3n) is 3.52. The molecule has 0 fully saturated rings. The Labute approximate surface area is 130 Å². The molecule has 2 aromatic rings. The van der Waals surface area contributed by atoms with E-state index in [-0.39, 0.29) is 17.9 Å². The van der Waals surface area contributed by atoms with Gasteiger partial charge in [-0.2, -0.15) is 0 Å². The Morgan fingerprint density at radius 2 is 1.76 bits per heavy atom. The first-order valence-corrected chi connectivity index (χ1v) is 7.28. The van der Waals surface area contributed by atoms with Crippen LogP contribution in [0.25, 0.3) is 0 Å². The van der Waals surface area contributed by atoms with Crippen LogP contribution in [0.5, 0.6) is 0 Å². The molecule has 2 unspecified atom stereocenters. The molecule has 3 nitrogen and oxygen atoms in total. The van der Waals surface area contributed by atoms with Gasteiger partial charge in [0, 0.05) is 17.6 Å². The number of amides is 1. The highest BCUT2D eigenvalue weighted by atomic mass is 35.5. The first-order valence-electron chi connectivity index (χ1n) is 6.90. The average Bonchev–Trinajstić information content (AvgIpc) is 2.53. The summed E-state index contributed by atoms with van der Waals surface area (Å²) >= 11 is 5.83. The minimum atomic E-state index is -0.309. The average molecular weight is 303 g/mol. The molecule has 0 aromatic heterocycles. The number of halogens is 1. The number of hydrogen-bond donors (Lipinski definition) is 2. The molecule has 110 valence electrons. The predicted octanol–water partition coefficient (Wildman–Crippen LogP) is 3.29. The van der Waals surface area contributed by atoms with E-state index in [0.29, 0.717) is 11.6 Å². The molecular formula is C17H19ClN2O. The summed E-state index contributed by atoms with van der Waals surface area (Å²) in [6, 6.07) is 16.7. The number of benzene rings is 2. The minimum Gasteiger partial charge on any atom is -0.352 e. The second kappa shape index (κ2) is 7.25. The quantitative estimate of drug-likeness (QED) is 0.890. The van der Waals surface area contributed by atoms with Crippen molar-refractivity contribution in [2.45, 2.75) is 19.5 Å². The summed E-state index contributed by atoms with van der Waals surface area (Å²) in [7, 11) is 0. The molecule has 1 amide bonds. The van der Waals surface area contributed by atoms with Gasteiger partial charge < -0.3 is 11.1 Å². The van der Waals surface area contributed by atoms with Gasteiger partial charge in [-0.3, -0.25) is 4.79 Å². The Bertz CT molecular complexity index is 583. The third kappa shape index (κ3) is 4.31. The standard InChI is InChI=1S/C17H19ClN2O/c1-12(16(19)14-5-3-2-4-6-14)17(21)20-11-13-7-9-15(18)10-8-13/h2-10,12,16H,11,19H2,1H3,(H,20,21). The highest BCUT2D eigenvalue weighted by Gasteiger charge is 2.21. The largest absolute Gasteiger partial charge is 0.352 e. The Morgan fingerprint density at radius 3 is 2.38 bits per heavy atom. The van der Waals surface area contributed by atoms with Crippen LogP contribution in [-0.2, 0) is 11.3 Å². The molecule has 3 N–H and O–H groups in total. The van der Waals surface area contributed by atoms with Gasteiger partial charge in [-0.15, -0.1) is 0 Å². The molecular weight excluding hydrogens is 284 g/mol. The van der Waals surface area contributed by atoms with Crippen LogP contribution in [0.3, 0.4) is 0 Å². The number of nitrogens with one attached hydrogen (secondary N) is 1. The fourth-order valence-corrected chi connectivity index (χ4v) is 2.21. The first kappa shape index (κ1) is 15.5. The van der Waals surface area contributed by atoms with Crippen molar-refractivity contribution < 1.29 is 4.79 Å². The normalized spacial score (nSPS) is 13.5. The van der Waals surface area contributed by atoms with Gasteiger partial charge >= 0.3 is 0 Å². The smallest absolute Gasteiger partial charge is 0.225 e. The van der Waals surface area contributed by atoms with Gasteiger partial charge in [0.25, 0.3) is 0 Å². The van der Waals surface area contributed by atoms with Crippen LogP contribution >= 0.6 is 11.6 Å². The molecule has 0 bridgehead atoms. The SMILES string of the molecule is CC(C(=O)NCc1ccc(Cl)cc1)C(N)c1ccccc1. The van der Waals surface area contributed by atoms with Gasteiger partial charge in [0.05, 0.1) is 5.92 Å². The molecule has 0 aliphatic heterocycles. The van der Waals surface area contributed by atoms with Crippen LogP contribution in [0.4, 0.5) is 0 Å². The lowest BCUT2D eigenvalue weighted by atomic mass is 9.94. The Morgan fingerprint density at radius 1 is 1.14 bits per heavy atom. The number of hydrogen-bond acceptors (Lipinski definition) is 2. The van der Waals surface area contributed by atoms with Crippen molar-refractivity contribution in [2.24, 2.45) is 11.7 Å². The van der Waals surface area contributed by atoms with Crippen LogP contribution in [0.2, 0.25) is 5.02 Å². The maximum absolute atomic E-state index is 12.2. The maximum Gasteiger partial charge on any atom is 0.225 e. The zero-order valence-corrected chi connectivity index (χ0v) is 12.7. The van der Waals surface area contributed by atoms with Crippen molar-refractivity contribution in [1.29, 1.82) is 0 Å². The number of carbonyl (C=O) groups is 1. The van der Waals surface area contributed by atoms with Gasteiger partial charge in [0.2, 0.25) is 5.91 Å². The molecule has 4 heteroatoms. The van der Waals surface area contributed by atoms with E-state index in [4.69, 9.17) is 17.3 Å². The van der Waals surface area contributed by atoms with E-state index in [1.165, 1.54) is 0 Å². The molecule has 2 aromatic carbocycles. The molecule has 0 saturated heterocycles. The second-order valence-corrected chi connectivity index (χ2v) is 5.51. The zero-order valence-electron chi connectivity index (χ0n) is 11.9. The molecule has 0 aliphatic rings. The molecule has 0 aliphatic carbocycles. The lowest BCUT2D eigenvalue weighted by molar-refractivity contribution is -0.125. The van der Waals surface area contributed by atoms with Crippen molar-refractivity contribution in [1.82, 2.24) is 5.32 Å². The van der Waals surface area contributed by atoms with Crippen molar-refractivity contribution in [2.75, 3.05) is 0 Å². The van der Waals surface area contributed by atoms with Crippen LogP contribution < -0.4 is 11.1 Å². The summed E-state index contributed by atoms with van der Waals surface area (Å²) in [5, 5.41) is 3.59. The van der Waals surface area contributed by atoms with Crippen LogP contribution in [0.15, 0.2) is 54.6 Å². The Hall–Kier alpha value is -1.84. The lowest BCUT2D eigenvalue weighted by Crippen LogP contribution is -2.35. The summed E-state index contributed by atoms with van der Waals surface area (Å²) in [5.41, 5.74) is 8.12. The molecule has 0 radical (unpaired) electrons. The lowest BCUT2D eigenvalue weighted by Gasteiger charge is -2.19. The van der Waals surface area contributed by atoms with Crippen LogP contribution in [0.1, 0.15) is 24.1 Å². The van der Waals surface area contributed by atoms with Gasteiger partial charge in [-0.05, 0) is 23.3 Å². The van der Waals surface area contributed by atoms with Crippen molar-refractivity contribution >= 4 is 17.5 Å². The van der Waals surface area contributed by atoms with Crippen LogP contribution in [0, 0.1) is 5.92 Å². The zero-order chi connectivity index (χ0) is 15.2. The summed E-state index contributed by atoms with van der Waals surface area (Å²) in [4.78, 5) is 12.2. The summed E-state index contributed by atoms with van der Waals surface area (Å²) in [6.07, 6.45) is 0. The van der Waals surface area contributed by atoms with Gasteiger partial charge in [0.1, 0.15) is 0 Å². The first-order chi connectivity index (χ1) is 10.1. The van der Waals surface area contributed by atoms with E-state index in [1.807, 2.05) is 61.5 Å². The molecule has 2 rings (SSSR count). The fraction of sp³-hybridized carbons (Fsp3) is 0.235. The Kier molecular flexibility index (Phi) is 5.37. The highest BCUT2D eigenvalue weighted by molar-refractivity contribution is 6.30. The van der Waals surface area contributed by atoms with Gasteiger partial charge in [-0.1, -0.05) is 61.0 Å². The third-order valence-corrected chi connectivity index (χ3v) is 3.77. The minimum absolute atomic E-state index is 0.0543. The summed E-state index contributed by atoms with van der Waals surface area (Å²) < 4.78 is 0. The monoisotopic (exact) mass is 302 g/mol. The van der Waals surface area contributed by atoms with Crippen LogP contribution in [-0.4, -0.2) is 5.91 Å². The van der Waals surface area contributed by atoms with E-state index in [9.17, 15) is 4.79 Å². The molecule has 2 atom stereocenters. The number of rotatable bonds is 5. The van der Waals surface area contributed by atoms with E-state index in [0.717, 1.165) is 11.1 Å². The molecule has 0 spiro atoms. The van der Waals surface area contributed by atoms with E-state index >= 15 is 0 Å². The number of nitrogens with two attached hydrogens (primary N) is 1. The van der Waals surface area contributed by atoms with Crippen molar-refractivity contribution in [3.05, 3.63) is 70.7 Å². The maximum atomic E-state index is 12.2. The van der Waals surface area contributed by atoms with E-state index in [1.54, 1.807) is 0 Å². The predicted molar refractivity (Wildman–Crippen MR) is 85.8 cm³/mol. The summed E-state index contributed by atoms with van der Waals surface area (Å²) in [5.74, 6) is -0.346. The van der Waals surface area contributed by atoms with Crippen molar-refractivity contribution in [3.63, 3.8) is 0 Å². The molecule has 0 saturated carbocycles. The molecule has 21 heavy (non-hydrogen) atoms. The highest BCUT2D eigenvalue weighted by Crippen LogP contribution is 2.19. The van der Waals surface area contributed by atoms with E-state index in [2.05, 4.69) is 5.32 Å². The fourth-order valence-electron chi connectivity index (χ4n) is 2.08.